The first-order valence-corrected chi connectivity index (χ1v) is 5.21. The van der Waals surface area contributed by atoms with E-state index in [9.17, 15) is 5.11 Å². The Morgan fingerprint density at radius 1 is 1.29 bits per heavy atom. The van der Waals surface area contributed by atoms with Crippen LogP contribution in [0.3, 0.4) is 0 Å². The molecule has 0 unspecified atom stereocenters. The van der Waals surface area contributed by atoms with Crippen molar-refractivity contribution in [3.05, 3.63) is 47.8 Å². The molecule has 17 heavy (non-hydrogen) atoms. The lowest BCUT2D eigenvalue weighted by Gasteiger charge is -2.05. The number of hydrogen-bond acceptors (Lipinski definition) is 3. The second-order valence-electron chi connectivity index (χ2n) is 3.75. The second kappa shape index (κ2) is 6.27. The van der Waals surface area contributed by atoms with Crippen molar-refractivity contribution in [2.24, 2.45) is 7.05 Å². The van der Waals surface area contributed by atoms with Crippen LogP contribution in [0.25, 0.3) is 0 Å². The van der Waals surface area contributed by atoms with E-state index in [1.807, 2.05) is 37.6 Å². The van der Waals surface area contributed by atoms with Gasteiger partial charge in [-0.25, -0.2) is 0 Å². The smallest absolute Gasteiger partial charge is 0.120 e. The molecule has 0 bridgehead atoms. The molecule has 92 valence electrons. The van der Waals surface area contributed by atoms with Crippen molar-refractivity contribution in [2.75, 3.05) is 0 Å². The number of phenols is 1. The van der Waals surface area contributed by atoms with Crippen molar-refractivity contribution in [1.82, 2.24) is 15.1 Å². The number of para-hydroxylation sites is 1. The number of aryl methyl sites for hydroxylation is 1. The predicted molar refractivity (Wildman–Crippen MR) is 69.1 cm³/mol. The van der Waals surface area contributed by atoms with Gasteiger partial charge < -0.3 is 10.4 Å². The van der Waals surface area contributed by atoms with E-state index in [2.05, 4.69) is 10.4 Å². The summed E-state index contributed by atoms with van der Waals surface area (Å²) in [4.78, 5) is 0. The molecule has 4 nitrogen and oxygen atoms in total. The molecule has 1 aromatic carbocycles. The largest absolute Gasteiger partial charge is 0.508 e. The van der Waals surface area contributed by atoms with Crippen molar-refractivity contribution in [3.63, 3.8) is 0 Å². The quantitative estimate of drug-likeness (QED) is 0.874. The van der Waals surface area contributed by atoms with E-state index in [1.165, 1.54) is 0 Å². The molecule has 0 atom stereocenters. The van der Waals surface area contributed by atoms with E-state index >= 15 is 0 Å². The Morgan fingerprint density at radius 3 is 2.71 bits per heavy atom. The number of phenolic OH excluding ortho intramolecular Hbond substituents is 1. The SMILES string of the molecule is Cl.Cn1cc(CNCc2ccccc2O)cn1. The highest BCUT2D eigenvalue weighted by molar-refractivity contribution is 5.85. The van der Waals surface area contributed by atoms with Gasteiger partial charge in [0, 0.05) is 37.5 Å². The highest BCUT2D eigenvalue weighted by atomic mass is 35.5. The lowest BCUT2D eigenvalue weighted by Crippen LogP contribution is -2.12. The molecule has 0 fully saturated rings. The molecule has 2 rings (SSSR count). The van der Waals surface area contributed by atoms with E-state index < -0.39 is 0 Å². The third-order valence-electron chi connectivity index (χ3n) is 2.39. The Balaban J connectivity index is 0.00000144. The molecular formula is C12H16ClN3O. The van der Waals surface area contributed by atoms with E-state index in [0.29, 0.717) is 12.3 Å². The van der Waals surface area contributed by atoms with Gasteiger partial charge in [-0.05, 0) is 6.07 Å². The van der Waals surface area contributed by atoms with Crippen LogP contribution < -0.4 is 5.32 Å². The Labute approximate surface area is 107 Å². The fourth-order valence-corrected chi connectivity index (χ4v) is 1.56. The van der Waals surface area contributed by atoms with Crippen molar-refractivity contribution in [3.8, 4) is 5.75 Å². The van der Waals surface area contributed by atoms with Crippen LogP contribution in [-0.2, 0) is 20.1 Å². The highest BCUT2D eigenvalue weighted by Gasteiger charge is 1.99. The maximum absolute atomic E-state index is 9.56. The molecule has 0 aliphatic rings. The molecule has 1 aromatic heterocycles. The second-order valence-corrected chi connectivity index (χ2v) is 3.75. The number of nitrogens with one attached hydrogen (secondary N) is 1. The Bertz CT molecular complexity index is 470. The summed E-state index contributed by atoms with van der Waals surface area (Å²) in [6.07, 6.45) is 3.80. The molecule has 1 heterocycles. The van der Waals surface area contributed by atoms with Gasteiger partial charge in [0.2, 0.25) is 0 Å². The summed E-state index contributed by atoms with van der Waals surface area (Å²) in [6.45, 7) is 1.41. The first kappa shape index (κ1) is 13.5. The molecule has 0 saturated carbocycles. The van der Waals surface area contributed by atoms with Crippen LogP contribution in [0.4, 0.5) is 0 Å². The molecule has 0 aliphatic carbocycles. The molecule has 5 heteroatoms. The van der Waals surface area contributed by atoms with Crippen LogP contribution >= 0.6 is 12.4 Å². The van der Waals surface area contributed by atoms with E-state index in [0.717, 1.165) is 17.7 Å². The van der Waals surface area contributed by atoms with Crippen LogP contribution in [-0.4, -0.2) is 14.9 Å². The summed E-state index contributed by atoms with van der Waals surface area (Å²) in [5.41, 5.74) is 2.05. The first-order chi connectivity index (χ1) is 7.75. The number of aromatic nitrogens is 2. The van der Waals surface area contributed by atoms with Crippen LogP contribution in [0.2, 0.25) is 0 Å². The molecule has 2 N–H and O–H groups in total. The zero-order valence-corrected chi connectivity index (χ0v) is 10.4. The van der Waals surface area contributed by atoms with Gasteiger partial charge in [-0.2, -0.15) is 5.10 Å². The molecule has 0 amide bonds. The van der Waals surface area contributed by atoms with Crippen LogP contribution in [0.15, 0.2) is 36.7 Å². The Kier molecular flexibility index (Phi) is 5.00. The van der Waals surface area contributed by atoms with Crippen molar-refractivity contribution in [1.29, 1.82) is 0 Å². The normalized spacial score (nSPS) is 9.94. The van der Waals surface area contributed by atoms with Gasteiger partial charge in [-0.1, -0.05) is 18.2 Å². The van der Waals surface area contributed by atoms with Gasteiger partial charge in [0.1, 0.15) is 5.75 Å². The molecule has 0 aliphatic heterocycles. The average Bonchev–Trinajstić information content (AvgIpc) is 2.67. The lowest BCUT2D eigenvalue weighted by molar-refractivity contribution is 0.464. The number of rotatable bonds is 4. The van der Waals surface area contributed by atoms with Crippen LogP contribution in [0.1, 0.15) is 11.1 Å². The average molecular weight is 254 g/mol. The summed E-state index contributed by atoms with van der Waals surface area (Å²) in [7, 11) is 1.90. The van der Waals surface area contributed by atoms with Crippen LogP contribution in [0, 0.1) is 0 Å². The fourth-order valence-electron chi connectivity index (χ4n) is 1.56. The zero-order chi connectivity index (χ0) is 11.4. The molecular weight excluding hydrogens is 238 g/mol. The molecule has 0 spiro atoms. The van der Waals surface area contributed by atoms with Gasteiger partial charge in [0.05, 0.1) is 6.20 Å². The number of nitrogens with zero attached hydrogens (tertiary/aromatic N) is 2. The topological polar surface area (TPSA) is 50.1 Å². The maximum atomic E-state index is 9.56. The number of aromatic hydroxyl groups is 1. The highest BCUT2D eigenvalue weighted by Crippen LogP contribution is 2.14. The maximum Gasteiger partial charge on any atom is 0.120 e. The molecule has 0 radical (unpaired) electrons. The van der Waals surface area contributed by atoms with Gasteiger partial charge in [-0.15, -0.1) is 12.4 Å². The lowest BCUT2D eigenvalue weighted by atomic mass is 10.2. The molecule has 0 saturated heterocycles. The monoisotopic (exact) mass is 253 g/mol. The van der Waals surface area contributed by atoms with Crippen molar-refractivity contribution in [2.45, 2.75) is 13.1 Å². The zero-order valence-electron chi connectivity index (χ0n) is 9.63. The predicted octanol–water partition coefficient (Wildman–Crippen LogP) is 1.84. The van der Waals surface area contributed by atoms with Gasteiger partial charge in [0.15, 0.2) is 0 Å². The number of benzene rings is 1. The minimum atomic E-state index is 0. The van der Waals surface area contributed by atoms with E-state index in [4.69, 9.17) is 0 Å². The Morgan fingerprint density at radius 2 is 2.06 bits per heavy atom. The van der Waals surface area contributed by atoms with E-state index in [-0.39, 0.29) is 12.4 Å². The summed E-state index contributed by atoms with van der Waals surface area (Å²) in [5.74, 6) is 0.334. The third-order valence-corrected chi connectivity index (χ3v) is 2.39. The van der Waals surface area contributed by atoms with Gasteiger partial charge >= 0.3 is 0 Å². The standard InChI is InChI=1S/C12H15N3O.ClH/c1-15-9-10(7-14-15)6-13-8-11-4-2-3-5-12(11)16;/h2-5,7,9,13,16H,6,8H2,1H3;1H. The summed E-state index contributed by atoms with van der Waals surface area (Å²) in [5, 5.41) is 16.9. The number of hydrogen-bond donors (Lipinski definition) is 2. The minimum Gasteiger partial charge on any atom is -0.508 e. The van der Waals surface area contributed by atoms with Crippen molar-refractivity contribution < 1.29 is 5.11 Å². The summed E-state index contributed by atoms with van der Waals surface area (Å²) in [6, 6.07) is 7.34. The van der Waals surface area contributed by atoms with Crippen LogP contribution in [0.5, 0.6) is 5.75 Å². The summed E-state index contributed by atoms with van der Waals surface area (Å²) >= 11 is 0. The van der Waals surface area contributed by atoms with Gasteiger partial charge in [-0.3, -0.25) is 4.68 Å². The fraction of sp³-hybridized carbons (Fsp3) is 0.250. The Hall–Kier alpha value is -1.52. The van der Waals surface area contributed by atoms with Gasteiger partial charge in [0.25, 0.3) is 0 Å². The molecule has 2 aromatic rings. The number of halogens is 1. The van der Waals surface area contributed by atoms with Crippen molar-refractivity contribution >= 4 is 12.4 Å². The minimum absolute atomic E-state index is 0. The van der Waals surface area contributed by atoms with E-state index in [1.54, 1.807) is 10.7 Å². The summed E-state index contributed by atoms with van der Waals surface area (Å²) < 4.78 is 1.77. The first-order valence-electron chi connectivity index (χ1n) is 5.21. The third kappa shape index (κ3) is 3.76.